The Kier molecular flexibility index (Phi) is 6.94. The SMILES string of the molecule is CCCNC(=O)CC(=O)Nc1ccccc1C(=O)OCC. The monoisotopic (exact) mass is 292 g/mol. The molecule has 21 heavy (non-hydrogen) atoms. The van der Waals surface area contributed by atoms with Gasteiger partial charge in [0.25, 0.3) is 0 Å². The standard InChI is InChI=1S/C15H20N2O4/c1-3-9-16-13(18)10-14(19)17-12-8-6-5-7-11(12)15(20)21-4-2/h5-8H,3-4,9-10H2,1-2H3,(H,16,18)(H,17,19). The average Bonchev–Trinajstić information content (AvgIpc) is 2.45. The van der Waals surface area contributed by atoms with Crippen molar-refractivity contribution < 1.29 is 19.1 Å². The van der Waals surface area contributed by atoms with E-state index in [0.717, 1.165) is 6.42 Å². The fraction of sp³-hybridized carbons (Fsp3) is 0.400. The molecule has 6 nitrogen and oxygen atoms in total. The van der Waals surface area contributed by atoms with E-state index in [4.69, 9.17) is 4.74 Å². The maximum Gasteiger partial charge on any atom is 0.340 e. The molecule has 1 rings (SSSR count). The number of carbonyl (C=O) groups is 3. The Hall–Kier alpha value is -2.37. The van der Waals surface area contributed by atoms with E-state index < -0.39 is 11.9 Å². The first kappa shape index (κ1) is 16.7. The van der Waals surface area contributed by atoms with Crippen LogP contribution in [0.25, 0.3) is 0 Å². The highest BCUT2D eigenvalue weighted by Gasteiger charge is 2.15. The van der Waals surface area contributed by atoms with E-state index >= 15 is 0 Å². The summed E-state index contributed by atoms with van der Waals surface area (Å²) in [5.74, 6) is -1.33. The van der Waals surface area contributed by atoms with Crippen molar-refractivity contribution in [2.24, 2.45) is 0 Å². The molecule has 114 valence electrons. The van der Waals surface area contributed by atoms with Crippen LogP contribution in [0.2, 0.25) is 0 Å². The molecule has 0 heterocycles. The highest BCUT2D eigenvalue weighted by Crippen LogP contribution is 2.16. The van der Waals surface area contributed by atoms with Crippen LogP contribution in [-0.2, 0) is 14.3 Å². The molecule has 0 radical (unpaired) electrons. The van der Waals surface area contributed by atoms with Gasteiger partial charge in [-0.05, 0) is 25.5 Å². The number of carbonyl (C=O) groups excluding carboxylic acids is 3. The van der Waals surface area contributed by atoms with Gasteiger partial charge in [0.1, 0.15) is 6.42 Å². The minimum absolute atomic E-state index is 0.251. The summed E-state index contributed by atoms with van der Waals surface area (Å²) >= 11 is 0. The van der Waals surface area contributed by atoms with Crippen LogP contribution in [0.3, 0.4) is 0 Å². The van der Waals surface area contributed by atoms with E-state index in [1.807, 2.05) is 6.92 Å². The average molecular weight is 292 g/mol. The van der Waals surface area contributed by atoms with Gasteiger partial charge in [-0.15, -0.1) is 0 Å². The Labute approximate surface area is 123 Å². The summed E-state index contributed by atoms with van der Waals surface area (Å²) in [7, 11) is 0. The lowest BCUT2D eigenvalue weighted by atomic mass is 10.1. The van der Waals surface area contributed by atoms with Crippen molar-refractivity contribution in [3.05, 3.63) is 29.8 Å². The third-order valence-corrected chi connectivity index (χ3v) is 2.59. The van der Waals surface area contributed by atoms with Gasteiger partial charge in [-0.2, -0.15) is 0 Å². The van der Waals surface area contributed by atoms with Crippen molar-refractivity contribution in [1.82, 2.24) is 5.32 Å². The van der Waals surface area contributed by atoms with Crippen LogP contribution in [-0.4, -0.2) is 30.9 Å². The highest BCUT2D eigenvalue weighted by atomic mass is 16.5. The first-order valence-electron chi connectivity index (χ1n) is 6.91. The van der Waals surface area contributed by atoms with E-state index in [0.29, 0.717) is 12.2 Å². The predicted molar refractivity (Wildman–Crippen MR) is 78.9 cm³/mol. The molecule has 2 amide bonds. The molecule has 0 bridgehead atoms. The van der Waals surface area contributed by atoms with Gasteiger partial charge < -0.3 is 15.4 Å². The molecule has 0 aliphatic rings. The number of hydrogen-bond donors (Lipinski definition) is 2. The van der Waals surface area contributed by atoms with Crippen LogP contribution < -0.4 is 10.6 Å². The molecule has 0 aliphatic heterocycles. The molecule has 0 atom stereocenters. The van der Waals surface area contributed by atoms with E-state index in [-0.39, 0.29) is 24.5 Å². The molecular formula is C15H20N2O4. The highest BCUT2D eigenvalue weighted by molar-refractivity contribution is 6.06. The number of benzene rings is 1. The van der Waals surface area contributed by atoms with Gasteiger partial charge in [0, 0.05) is 6.54 Å². The van der Waals surface area contributed by atoms with Crippen molar-refractivity contribution in [2.45, 2.75) is 26.7 Å². The molecule has 1 aromatic carbocycles. The first-order chi connectivity index (χ1) is 10.1. The molecule has 0 aliphatic carbocycles. The minimum atomic E-state index is -0.510. The van der Waals surface area contributed by atoms with Crippen LogP contribution in [0.15, 0.2) is 24.3 Å². The van der Waals surface area contributed by atoms with Crippen LogP contribution in [0.1, 0.15) is 37.0 Å². The number of anilines is 1. The van der Waals surface area contributed by atoms with Gasteiger partial charge in [-0.1, -0.05) is 19.1 Å². The zero-order valence-electron chi connectivity index (χ0n) is 12.3. The number of hydrogen-bond acceptors (Lipinski definition) is 4. The van der Waals surface area contributed by atoms with Crippen molar-refractivity contribution in [3.8, 4) is 0 Å². The number of rotatable bonds is 7. The molecule has 6 heteroatoms. The van der Waals surface area contributed by atoms with Gasteiger partial charge in [0.2, 0.25) is 11.8 Å². The molecule has 2 N–H and O–H groups in total. The fourth-order valence-corrected chi connectivity index (χ4v) is 1.65. The van der Waals surface area contributed by atoms with Crippen LogP contribution in [0.4, 0.5) is 5.69 Å². The van der Waals surface area contributed by atoms with Gasteiger partial charge in [0.15, 0.2) is 0 Å². The predicted octanol–water partition coefficient (Wildman–Crippen LogP) is 1.72. The van der Waals surface area contributed by atoms with Crippen LogP contribution in [0.5, 0.6) is 0 Å². The zero-order chi connectivity index (χ0) is 15.7. The normalized spacial score (nSPS) is 9.81. The summed E-state index contributed by atoms with van der Waals surface area (Å²) in [6.45, 7) is 4.42. The van der Waals surface area contributed by atoms with Crippen molar-refractivity contribution >= 4 is 23.5 Å². The van der Waals surface area contributed by atoms with E-state index in [1.54, 1.807) is 31.2 Å². The Morgan fingerprint density at radius 1 is 1.10 bits per heavy atom. The third-order valence-electron chi connectivity index (χ3n) is 2.59. The molecule has 0 saturated heterocycles. The number of ether oxygens (including phenoxy) is 1. The van der Waals surface area contributed by atoms with Gasteiger partial charge in [0.05, 0.1) is 17.9 Å². The lowest BCUT2D eigenvalue weighted by Gasteiger charge is -2.10. The van der Waals surface area contributed by atoms with Gasteiger partial charge in [-0.25, -0.2) is 4.79 Å². The van der Waals surface area contributed by atoms with Gasteiger partial charge >= 0.3 is 5.97 Å². The van der Waals surface area contributed by atoms with Crippen molar-refractivity contribution in [1.29, 1.82) is 0 Å². The minimum Gasteiger partial charge on any atom is -0.462 e. The summed E-state index contributed by atoms with van der Waals surface area (Å²) in [4.78, 5) is 35.0. The summed E-state index contributed by atoms with van der Waals surface area (Å²) < 4.78 is 4.91. The second kappa shape index (κ2) is 8.73. The molecule has 0 spiro atoms. The zero-order valence-corrected chi connectivity index (χ0v) is 12.3. The number of amides is 2. The molecule has 1 aromatic rings. The van der Waals surface area contributed by atoms with E-state index in [1.165, 1.54) is 0 Å². The Bertz CT molecular complexity index is 514. The second-order valence-corrected chi connectivity index (χ2v) is 4.34. The summed E-state index contributed by atoms with van der Waals surface area (Å²) in [6, 6.07) is 6.52. The van der Waals surface area contributed by atoms with Crippen LogP contribution in [0, 0.1) is 0 Å². The second-order valence-electron chi connectivity index (χ2n) is 4.34. The number of nitrogens with one attached hydrogen (secondary N) is 2. The molecule has 0 aromatic heterocycles. The molecule has 0 saturated carbocycles. The Balaban J connectivity index is 2.68. The number of para-hydroxylation sites is 1. The molecule has 0 unspecified atom stereocenters. The smallest absolute Gasteiger partial charge is 0.340 e. The van der Waals surface area contributed by atoms with Crippen LogP contribution >= 0.6 is 0 Å². The third kappa shape index (κ3) is 5.64. The quantitative estimate of drug-likeness (QED) is 0.592. The first-order valence-corrected chi connectivity index (χ1v) is 6.91. The maximum absolute atomic E-state index is 11.8. The summed E-state index contributed by atoms with van der Waals surface area (Å²) in [5.41, 5.74) is 0.603. The molecular weight excluding hydrogens is 272 g/mol. The molecule has 0 fully saturated rings. The van der Waals surface area contributed by atoms with E-state index in [9.17, 15) is 14.4 Å². The summed E-state index contributed by atoms with van der Waals surface area (Å²) in [5, 5.41) is 5.17. The van der Waals surface area contributed by atoms with Crippen molar-refractivity contribution in [3.63, 3.8) is 0 Å². The lowest BCUT2D eigenvalue weighted by molar-refractivity contribution is -0.126. The number of esters is 1. The lowest BCUT2D eigenvalue weighted by Crippen LogP contribution is -2.29. The van der Waals surface area contributed by atoms with E-state index in [2.05, 4.69) is 10.6 Å². The summed E-state index contributed by atoms with van der Waals surface area (Å²) in [6.07, 6.45) is 0.524. The van der Waals surface area contributed by atoms with Gasteiger partial charge in [-0.3, -0.25) is 9.59 Å². The largest absolute Gasteiger partial charge is 0.462 e. The Morgan fingerprint density at radius 3 is 2.48 bits per heavy atom. The Morgan fingerprint density at radius 2 is 1.81 bits per heavy atom. The topological polar surface area (TPSA) is 84.5 Å². The fourth-order valence-electron chi connectivity index (χ4n) is 1.65. The maximum atomic E-state index is 11.8. The van der Waals surface area contributed by atoms with Crippen molar-refractivity contribution in [2.75, 3.05) is 18.5 Å².